The van der Waals surface area contributed by atoms with Crippen LogP contribution in [0, 0.1) is 0 Å². The molecule has 0 amide bonds. The zero-order valence-corrected chi connectivity index (χ0v) is 14.4. The van der Waals surface area contributed by atoms with Gasteiger partial charge in [-0.15, -0.1) is 0 Å². The van der Waals surface area contributed by atoms with Gasteiger partial charge in [0, 0.05) is 0 Å². The predicted molar refractivity (Wildman–Crippen MR) is 82.4 cm³/mol. The molecule has 3 unspecified atom stereocenters. The Labute approximate surface area is 137 Å². The molecule has 3 heterocycles. The Morgan fingerprint density at radius 3 is 1.26 bits per heavy atom. The molecule has 0 spiro atoms. The van der Waals surface area contributed by atoms with Crippen LogP contribution < -0.4 is 0 Å². The van der Waals surface area contributed by atoms with E-state index in [4.69, 9.17) is 27.8 Å². The Bertz CT molecular complexity index is 336. The van der Waals surface area contributed by atoms with E-state index in [1.54, 1.807) is 0 Å². The van der Waals surface area contributed by atoms with Gasteiger partial charge in [-0.3, -0.25) is 13.6 Å². The molecule has 3 atom stereocenters. The third-order valence-electron chi connectivity index (χ3n) is 3.97. The SMILES string of the molecule is O=P(OCCCC1CO1)(OCCCC1CO1)OCCCC1CO1. The molecule has 0 radical (unpaired) electrons. The maximum atomic E-state index is 12.6. The molecule has 3 aliphatic rings. The molecule has 0 aliphatic carbocycles. The summed E-state index contributed by atoms with van der Waals surface area (Å²) in [5.41, 5.74) is 0. The second-order valence-corrected chi connectivity index (χ2v) is 7.91. The lowest BCUT2D eigenvalue weighted by Crippen LogP contribution is -2.05. The van der Waals surface area contributed by atoms with Gasteiger partial charge in [0.15, 0.2) is 0 Å². The monoisotopic (exact) mass is 350 g/mol. The highest BCUT2D eigenvalue weighted by molar-refractivity contribution is 7.48. The number of hydrogen-bond donors (Lipinski definition) is 0. The molecule has 0 bridgehead atoms. The van der Waals surface area contributed by atoms with Crippen LogP contribution in [0.25, 0.3) is 0 Å². The van der Waals surface area contributed by atoms with Gasteiger partial charge in [0.1, 0.15) is 0 Å². The van der Waals surface area contributed by atoms with E-state index in [-0.39, 0.29) is 0 Å². The molecule has 0 aromatic heterocycles. The van der Waals surface area contributed by atoms with Gasteiger partial charge < -0.3 is 14.2 Å². The molecule has 3 rings (SSSR count). The van der Waals surface area contributed by atoms with Crippen molar-refractivity contribution in [3.05, 3.63) is 0 Å². The summed E-state index contributed by atoms with van der Waals surface area (Å²) in [5, 5.41) is 0. The van der Waals surface area contributed by atoms with Crippen LogP contribution in [0.3, 0.4) is 0 Å². The predicted octanol–water partition coefficient (Wildman–Crippen LogP) is 2.68. The van der Waals surface area contributed by atoms with E-state index >= 15 is 0 Å². The van der Waals surface area contributed by atoms with Crippen LogP contribution in [0.2, 0.25) is 0 Å². The fourth-order valence-electron chi connectivity index (χ4n) is 2.28. The van der Waals surface area contributed by atoms with Gasteiger partial charge in [-0.25, -0.2) is 4.57 Å². The number of hydrogen-bond acceptors (Lipinski definition) is 7. The Morgan fingerprint density at radius 1 is 0.696 bits per heavy atom. The Hall–Kier alpha value is -0.0100. The topological polar surface area (TPSA) is 82.4 Å². The van der Waals surface area contributed by atoms with Crippen molar-refractivity contribution in [3.8, 4) is 0 Å². The maximum absolute atomic E-state index is 12.6. The van der Waals surface area contributed by atoms with E-state index < -0.39 is 7.82 Å². The standard InChI is InChI=1S/C15H27O7P/c16-23(20-7-1-4-13-10-17-13,21-8-2-5-14-11-18-14)22-9-3-6-15-12-19-15/h13-15H,1-12H2. The summed E-state index contributed by atoms with van der Waals surface area (Å²) in [5.74, 6) is 0. The van der Waals surface area contributed by atoms with Gasteiger partial charge in [-0.1, -0.05) is 0 Å². The average Bonchev–Trinajstić information content (AvgIpc) is 3.38. The zero-order valence-electron chi connectivity index (χ0n) is 13.5. The quantitative estimate of drug-likeness (QED) is 0.255. The van der Waals surface area contributed by atoms with Crippen LogP contribution in [-0.4, -0.2) is 58.0 Å². The van der Waals surface area contributed by atoms with Crippen LogP contribution in [0.1, 0.15) is 38.5 Å². The summed E-state index contributed by atoms with van der Waals surface area (Å²) >= 11 is 0. The molecule has 8 heteroatoms. The fourth-order valence-corrected chi connectivity index (χ4v) is 3.56. The molecule has 23 heavy (non-hydrogen) atoms. The van der Waals surface area contributed by atoms with Gasteiger partial charge in [-0.05, 0) is 38.5 Å². The molecule has 0 aromatic carbocycles. The van der Waals surface area contributed by atoms with Crippen molar-refractivity contribution >= 4 is 7.82 Å². The first-order valence-corrected chi connectivity index (χ1v) is 10.1. The van der Waals surface area contributed by atoms with Crippen LogP contribution in [0.15, 0.2) is 0 Å². The van der Waals surface area contributed by atoms with Gasteiger partial charge in [-0.2, -0.15) is 0 Å². The number of phosphoric ester groups is 1. The van der Waals surface area contributed by atoms with E-state index in [0.717, 1.165) is 58.3 Å². The highest BCUT2D eigenvalue weighted by Gasteiger charge is 2.29. The summed E-state index contributed by atoms with van der Waals surface area (Å²) < 4.78 is 44.4. The van der Waals surface area contributed by atoms with Crippen molar-refractivity contribution in [2.24, 2.45) is 0 Å². The van der Waals surface area contributed by atoms with Crippen molar-refractivity contribution in [2.75, 3.05) is 39.6 Å². The van der Waals surface area contributed by atoms with E-state index in [1.165, 1.54) is 0 Å². The van der Waals surface area contributed by atoms with Gasteiger partial charge >= 0.3 is 7.82 Å². The van der Waals surface area contributed by atoms with Crippen LogP contribution >= 0.6 is 7.82 Å². The second-order valence-electron chi connectivity index (χ2n) is 6.24. The molecule has 0 N–H and O–H groups in total. The lowest BCUT2D eigenvalue weighted by atomic mass is 10.3. The van der Waals surface area contributed by atoms with Gasteiger partial charge in [0.25, 0.3) is 0 Å². The summed E-state index contributed by atoms with van der Waals surface area (Å²) in [6.07, 6.45) is 6.26. The largest absolute Gasteiger partial charge is 0.474 e. The number of rotatable bonds is 15. The molecule has 3 saturated heterocycles. The first-order chi connectivity index (χ1) is 11.2. The minimum Gasteiger partial charge on any atom is -0.373 e. The summed E-state index contributed by atoms with van der Waals surface area (Å²) in [4.78, 5) is 0. The second kappa shape index (κ2) is 8.90. The molecule has 134 valence electrons. The first kappa shape index (κ1) is 17.8. The zero-order chi connectivity index (χ0) is 16.0. The van der Waals surface area contributed by atoms with E-state index in [0.29, 0.717) is 38.1 Å². The van der Waals surface area contributed by atoms with Crippen molar-refractivity contribution in [1.29, 1.82) is 0 Å². The summed E-state index contributed by atoms with van der Waals surface area (Å²) in [6, 6.07) is 0. The smallest absolute Gasteiger partial charge is 0.373 e. The Balaban J connectivity index is 1.30. The van der Waals surface area contributed by atoms with Crippen LogP contribution in [-0.2, 0) is 32.3 Å². The molecule has 0 saturated carbocycles. The Morgan fingerprint density at radius 2 is 1.00 bits per heavy atom. The van der Waals surface area contributed by atoms with Crippen LogP contribution in [0.5, 0.6) is 0 Å². The van der Waals surface area contributed by atoms with E-state index in [2.05, 4.69) is 0 Å². The molecule has 0 aromatic rings. The molecular formula is C15H27O7P. The Kier molecular flexibility index (Phi) is 6.89. The number of phosphoric acid groups is 1. The third-order valence-corrected chi connectivity index (χ3v) is 5.46. The summed E-state index contributed by atoms with van der Waals surface area (Å²) in [7, 11) is -3.46. The number of ether oxygens (including phenoxy) is 3. The molecule has 3 fully saturated rings. The van der Waals surface area contributed by atoms with Crippen molar-refractivity contribution in [3.63, 3.8) is 0 Å². The van der Waals surface area contributed by atoms with Gasteiger partial charge in [0.05, 0.1) is 58.0 Å². The van der Waals surface area contributed by atoms with E-state index in [9.17, 15) is 4.57 Å². The molecule has 7 nitrogen and oxygen atoms in total. The van der Waals surface area contributed by atoms with Gasteiger partial charge in [0.2, 0.25) is 0 Å². The normalized spacial score (nSPS) is 30.9. The summed E-state index contributed by atoms with van der Waals surface area (Å²) in [6.45, 7) is 3.60. The van der Waals surface area contributed by atoms with Crippen molar-refractivity contribution in [1.82, 2.24) is 0 Å². The average molecular weight is 350 g/mol. The minimum absolute atomic E-state index is 0.358. The lowest BCUT2D eigenvalue weighted by Gasteiger charge is -2.18. The number of epoxide rings is 3. The molecule has 3 aliphatic heterocycles. The first-order valence-electron chi connectivity index (χ1n) is 8.62. The van der Waals surface area contributed by atoms with E-state index in [1.807, 2.05) is 0 Å². The highest BCUT2D eigenvalue weighted by Crippen LogP contribution is 2.50. The van der Waals surface area contributed by atoms with Crippen molar-refractivity contribution in [2.45, 2.75) is 56.8 Å². The fraction of sp³-hybridized carbons (Fsp3) is 1.00. The van der Waals surface area contributed by atoms with Crippen molar-refractivity contribution < 1.29 is 32.3 Å². The maximum Gasteiger partial charge on any atom is 0.474 e. The van der Waals surface area contributed by atoms with Crippen LogP contribution in [0.4, 0.5) is 0 Å². The molecular weight excluding hydrogens is 323 g/mol. The third kappa shape index (κ3) is 8.07. The highest BCUT2D eigenvalue weighted by atomic mass is 31.2. The lowest BCUT2D eigenvalue weighted by molar-refractivity contribution is 0.107. The minimum atomic E-state index is -3.46.